The molecule has 0 unspecified atom stereocenters. The van der Waals surface area contributed by atoms with E-state index in [2.05, 4.69) is 60.4 Å². The molecule has 0 saturated heterocycles. The summed E-state index contributed by atoms with van der Waals surface area (Å²) in [5.74, 6) is 1.26. The van der Waals surface area contributed by atoms with E-state index in [1.165, 1.54) is 11.3 Å². The van der Waals surface area contributed by atoms with E-state index in [1.807, 2.05) is 0 Å². The van der Waals surface area contributed by atoms with Crippen LogP contribution in [0, 0.1) is 11.8 Å². The minimum absolute atomic E-state index is 0.584. The molecule has 14 heavy (non-hydrogen) atoms. The molecule has 0 fully saturated rings. The zero-order valence-corrected chi connectivity index (χ0v) is 11.2. The van der Waals surface area contributed by atoms with Crippen LogP contribution in [-0.4, -0.2) is 18.0 Å². The van der Waals surface area contributed by atoms with Gasteiger partial charge in [-0.15, -0.1) is 0 Å². The highest BCUT2D eigenvalue weighted by atomic mass is 15.1. The van der Waals surface area contributed by atoms with Crippen LogP contribution in [0.15, 0.2) is 11.3 Å². The highest BCUT2D eigenvalue weighted by Gasteiger charge is 2.16. The van der Waals surface area contributed by atoms with Crippen molar-refractivity contribution in [3.8, 4) is 0 Å². The third-order valence-electron chi connectivity index (χ3n) is 2.97. The van der Waals surface area contributed by atoms with Crippen molar-refractivity contribution in [2.24, 2.45) is 11.8 Å². The van der Waals surface area contributed by atoms with Crippen LogP contribution in [0.2, 0.25) is 0 Å². The lowest BCUT2D eigenvalue weighted by Gasteiger charge is -2.32. The van der Waals surface area contributed by atoms with Crippen molar-refractivity contribution in [1.29, 1.82) is 0 Å². The summed E-state index contributed by atoms with van der Waals surface area (Å²) in [6.07, 6.45) is 0. The van der Waals surface area contributed by atoms with Crippen LogP contribution in [0.1, 0.15) is 48.5 Å². The topological polar surface area (TPSA) is 3.24 Å². The Morgan fingerprint density at radius 2 is 1.29 bits per heavy atom. The van der Waals surface area contributed by atoms with Crippen molar-refractivity contribution in [2.75, 3.05) is 7.05 Å². The summed E-state index contributed by atoms with van der Waals surface area (Å²) in [6, 6.07) is 0.584. The van der Waals surface area contributed by atoms with Gasteiger partial charge in [-0.2, -0.15) is 0 Å². The van der Waals surface area contributed by atoms with Gasteiger partial charge in [0.15, 0.2) is 0 Å². The molecule has 0 bridgehead atoms. The Labute approximate surface area is 90.2 Å². The number of nitrogens with zero attached hydrogens (tertiary/aromatic N) is 1. The maximum absolute atomic E-state index is 2.40. The predicted molar refractivity (Wildman–Crippen MR) is 65.3 cm³/mol. The Morgan fingerprint density at radius 3 is 1.50 bits per heavy atom. The van der Waals surface area contributed by atoms with Gasteiger partial charge in [0.25, 0.3) is 0 Å². The van der Waals surface area contributed by atoms with Crippen LogP contribution >= 0.6 is 0 Å². The Kier molecular flexibility index (Phi) is 5.25. The van der Waals surface area contributed by atoms with E-state index >= 15 is 0 Å². The SMILES string of the molecule is C/C(=C(/C(C)C)N(C)C(C)C)C(C)C. The molecule has 1 heteroatoms. The maximum atomic E-state index is 2.40. The average Bonchev–Trinajstić information content (AvgIpc) is 2.03. The summed E-state index contributed by atoms with van der Waals surface area (Å²) < 4.78 is 0. The quantitative estimate of drug-likeness (QED) is 0.660. The molecule has 0 aliphatic rings. The van der Waals surface area contributed by atoms with Crippen molar-refractivity contribution >= 4 is 0 Å². The molecule has 0 aliphatic heterocycles. The predicted octanol–water partition coefficient (Wildman–Crippen LogP) is 3.91. The normalized spacial score (nSPS) is 13.9. The van der Waals surface area contributed by atoms with Crippen molar-refractivity contribution < 1.29 is 0 Å². The minimum atomic E-state index is 0.584. The summed E-state index contributed by atoms with van der Waals surface area (Å²) in [7, 11) is 2.20. The Bertz CT molecular complexity index is 199. The van der Waals surface area contributed by atoms with E-state index in [1.54, 1.807) is 0 Å². The monoisotopic (exact) mass is 197 g/mol. The van der Waals surface area contributed by atoms with Crippen LogP contribution in [0.3, 0.4) is 0 Å². The third-order valence-corrected chi connectivity index (χ3v) is 2.97. The molecule has 0 aromatic rings. The van der Waals surface area contributed by atoms with Gasteiger partial charge in [0, 0.05) is 18.8 Å². The van der Waals surface area contributed by atoms with E-state index in [0.717, 1.165) is 0 Å². The van der Waals surface area contributed by atoms with Crippen molar-refractivity contribution in [1.82, 2.24) is 4.90 Å². The van der Waals surface area contributed by atoms with Crippen LogP contribution < -0.4 is 0 Å². The molecule has 0 saturated carbocycles. The highest BCUT2D eigenvalue weighted by molar-refractivity contribution is 5.15. The summed E-state index contributed by atoms with van der Waals surface area (Å²) in [6.45, 7) is 15.8. The molecule has 0 aromatic carbocycles. The van der Waals surface area contributed by atoms with Gasteiger partial charge < -0.3 is 4.90 Å². The first-order chi connectivity index (χ1) is 6.29. The second-order valence-corrected chi connectivity index (χ2v) is 5.08. The van der Waals surface area contributed by atoms with E-state index in [0.29, 0.717) is 17.9 Å². The average molecular weight is 197 g/mol. The molecular weight excluding hydrogens is 170 g/mol. The fourth-order valence-electron chi connectivity index (χ4n) is 1.71. The van der Waals surface area contributed by atoms with Crippen LogP contribution in [0.25, 0.3) is 0 Å². The first kappa shape index (κ1) is 13.5. The van der Waals surface area contributed by atoms with Gasteiger partial charge in [0.1, 0.15) is 0 Å². The lowest BCUT2D eigenvalue weighted by molar-refractivity contribution is 0.304. The van der Waals surface area contributed by atoms with E-state index in [9.17, 15) is 0 Å². The van der Waals surface area contributed by atoms with Gasteiger partial charge in [0.05, 0.1) is 0 Å². The fourth-order valence-corrected chi connectivity index (χ4v) is 1.71. The zero-order chi connectivity index (χ0) is 11.5. The molecule has 0 spiro atoms. The van der Waals surface area contributed by atoms with Crippen LogP contribution in [0.5, 0.6) is 0 Å². The van der Waals surface area contributed by atoms with Crippen molar-refractivity contribution in [2.45, 2.75) is 54.5 Å². The Hall–Kier alpha value is -0.460. The largest absolute Gasteiger partial charge is 0.375 e. The van der Waals surface area contributed by atoms with Gasteiger partial charge in [-0.25, -0.2) is 0 Å². The summed E-state index contributed by atoms with van der Waals surface area (Å²) in [4.78, 5) is 2.40. The summed E-state index contributed by atoms with van der Waals surface area (Å²) in [5.41, 5.74) is 3.03. The van der Waals surface area contributed by atoms with E-state index in [-0.39, 0.29) is 0 Å². The van der Waals surface area contributed by atoms with Crippen LogP contribution in [-0.2, 0) is 0 Å². The smallest absolute Gasteiger partial charge is 0.0227 e. The molecule has 84 valence electrons. The van der Waals surface area contributed by atoms with E-state index < -0.39 is 0 Å². The molecule has 1 nitrogen and oxygen atoms in total. The zero-order valence-electron chi connectivity index (χ0n) is 11.2. The summed E-state index contributed by atoms with van der Waals surface area (Å²) in [5, 5.41) is 0. The minimum Gasteiger partial charge on any atom is -0.375 e. The van der Waals surface area contributed by atoms with Crippen molar-refractivity contribution in [3.05, 3.63) is 11.3 Å². The van der Waals surface area contributed by atoms with Gasteiger partial charge >= 0.3 is 0 Å². The molecule has 0 heterocycles. The molecule has 0 radical (unpaired) electrons. The van der Waals surface area contributed by atoms with Crippen LogP contribution in [0.4, 0.5) is 0 Å². The van der Waals surface area contributed by atoms with E-state index in [4.69, 9.17) is 0 Å². The summed E-state index contributed by atoms with van der Waals surface area (Å²) >= 11 is 0. The van der Waals surface area contributed by atoms with Gasteiger partial charge in [0.2, 0.25) is 0 Å². The fraction of sp³-hybridized carbons (Fsp3) is 0.846. The second-order valence-electron chi connectivity index (χ2n) is 5.08. The van der Waals surface area contributed by atoms with Gasteiger partial charge in [-0.05, 0) is 32.6 Å². The number of hydrogen-bond acceptors (Lipinski definition) is 1. The first-order valence-corrected chi connectivity index (χ1v) is 5.72. The molecular formula is C13H27N. The lowest BCUT2D eigenvalue weighted by Crippen LogP contribution is -2.29. The Balaban J connectivity index is 5.04. The molecule has 0 aromatic heterocycles. The number of allylic oxidation sites excluding steroid dienone is 2. The van der Waals surface area contributed by atoms with Gasteiger partial charge in [-0.1, -0.05) is 33.3 Å². The lowest BCUT2D eigenvalue weighted by atomic mass is 9.95. The molecule has 0 atom stereocenters. The van der Waals surface area contributed by atoms with Gasteiger partial charge in [-0.3, -0.25) is 0 Å². The number of rotatable bonds is 4. The Morgan fingerprint density at radius 1 is 0.857 bits per heavy atom. The first-order valence-electron chi connectivity index (χ1n) is 5.72. The second kappa shape index (κ2) is 5.43. The molecule has 0 amide bonds. The van der Waals surface area contributed by atoms with Crippen molar-refractivity contribution in [3.63, 3.8) is 0 Å². The molecule has 0 rings (SSSR count). The highest BCUT2D eigenvalue weighted by Crippen LogP contribution is 2.24. The standard InChI is InChI=1S/C13H27N/c1-9(2)12(7)13(10(3)4)14(8)11(5)6/h9-11H,1-8H3/b13-12+. The molecule has 0 N–H and O–H groups in total. The third kappa shape index (κ3) is 3.36. The number of hydrogen-bond donors (Lipinski definition) is 0. The maximum Gasteiger partial charge on any atom is 0.0227 e. The molecule has 0 aliphatic carbocycles.